The van der Waals surface area contributed by atoms with E-state index in [0.717, 1.165) is 0 Å². The summed E-state index contributed by atoms with van der Waals surface area (Å²) in [5.41, 5.74) is 2.38. The zero-order chi connectivity index (χ0) is 11.6. The van der Waals surface area contributed by atoms with Gasteiger partial charge in [0, 0.05) is 0 Å². The maximum atomic E-state index is 5.51. The SMILES string of the molecule is C=C/C=C(C)\C=C/COCc1ccccc1. The molecule has 0 aliphatic carbocycles. The molecule has 0 fully saturated rings. The Kier molecular flexibility index (Phi) is 5.97. The van der Waals surface area contributed by atoms with E-state index in [-0.39, 0.29) is 0 Å². The lowest BCUT2D eigenvalue weighted by molar-refractivity contribution is 0.148. The molecule has 16 heavy (non-hydrogen) atoms. The van der Waals surface area contributed by atoms with E-state index in [9.17, 15) is 0 Å². The van der Waals surface area contributed by atoms with Gasteiger partial charge in [0.15, 0.2) is 0 Å². The molecule has 0 aliphatic heterocycles. The van der Waals surface area contributed by atoms with Crippen LogP contribution in [0.5, 0.6) is 0 Å². The van der Waals surface area contributed by atoms with Crippen molar-refractivity contribution in [3.8, 4) is 0 Å². The summed E-state index contributed by atoms with van der Waals surface area (Å²) in [5.74, 6) is 0. The van der Waals surface area contributed by atoms with E-state index in [1.807, 2.05) is 43.4 Å². The minimum Gasteiger partial charge on any atom is -0.373 e. The first-order chi connectivity index (χ1) is 7.83. The Morgan fingerprint density at radius 3 is 2.75 bits per heavy atom. The number of hydrogen-bond donors (Lipinski definition) is 0. The quantitative estimate of drug-likeness (QED) is 0.515. The molecule has 0 bridgehead atoms. The Morgan fingerprint density at radius 2 is 2.06 bits per heavy atom. The third kappa shape index (κ3) is 5.32. The fraction of sp³-hybridized carbons (Fsp3) is 0.200. The molecule has 0 amide bonds. The van der Waals surface area contributed by atoms with Crippen molar-refractivity contribution in [3.05, 3.63) is 72.4 Å². The number of hydrogen-bond acceptors (Lipinski definition) is 1. The second kappa shape index (κ2) is 7.66. The topological polar surface area (TPSA) is 9.23 Å². The van der Waals surface area contributed by atoms with Crippen LogP contribution in [0.1, 0.15) is 12.5 Å². The number of allylic oxidation sites excluding steroid dienone is 4. The zero-order valence-corrected chi connectivity index (χ0v) is 9.73. The average Bonchev–Trinajstić information content (AvgIpc) is 2.30. The maximum Gasteiger partial charge on any atom is 0.0721 e. The summed E-state index contributed by atoms with van der Waals surface area (Å²) in [4.78, 5) is 0. The van der Waals surface area contributed by atoms with Gasteiger partial charge in [0.05, 0.1) is 13.2 Å². The van der Waals surface area contributed by atoms with Crippen molar-refractivity contribution in [2.45, 2.75) is 13.5 Å². The summed E-state index contributed by atoms with van der Waals surface area (Å²) in [6.07, 6.45) is 7.79. The Hall–Kier alpha value is -1.60. The predicted octanol–water partition coefficient (Wildman–Crippen LogP) is 3.89. The summed E-state index contributed by atoms with van der Waals surface area (Å²) in [6.45, 7) is 6.98. The predicted molar refractivity (Wildman–Crippen MR) is 69.2 cm³/mol. The molecule has 0 spiro atoms. The first-order valence-electron chi connectivity index (χ1n) is 5.40. The highest BCUT2D eigenvalue weighted by atomic mass is 16.5. The lowest BCUT2D eigenvalue weighted by Crippen LogP contribution is -1.92. The van der Waals surface area contributed by atoms with Crippen LogP contribution in [0.25, 0.3) is 0 Å². The Morgan fingerprint density at radius 1 is 1.31 bits per heavy atom. The number of benzene rings is 1. The van der Waals surface area contributed by atoms with Gasteiger partial charge in [0.1, 0.15) is 0 Å². The Balaban J connectivity index is 2.22. The summed E-state index contributed by atoms with van der Waals surface area (Å²) < 4.78 is 5.51. The van der Waals surface area contributed by atoms with Gasteiger partial charge in [-0.2, -0.15) is 0 Å². The molecule has 1 rings (SSSR count). The molecule has 1 nitrogen and oxygen atoms in total. The molecule has 0 aliphatic rings. The van der Waals surface area contributed by atoms with Gasteiger partial charge in [-0.15, -0.1) is 0 Å². The molecular formula is C15H18O. The average molecular weight is 214 g/mol. The molecule has 1 heteroatoms. The molecule has 1 aromatic carbocycles. The lowest BCUT2D eigenvalue weighted by Gasteiger charge is -2.00. The number of ether oxygens (including phenoxy) is 1. The standard InChI is InChI=1S/C15H18O/c1-3-8-14(2)9-7-12-16-13-15-10-5-4-6-11-15/h3-11H,1,12-13H2,2H3/b9-7-,14-8-. The molecule has 0 atom stereocenters. The monoisotopic (exact) mass is 214 g/mol. The normalized spacial score (nSPS) is 11.9. The smallest absolute Gasteiger partial charge is 0.0721 e. The molecule has 0 unspecified atom stereocenters. The lowest BCUT2D eigenvalue weighted by atomic mass is 10.2. The van der Waals surface area contributed by atoms with Crippen LogP contribution in [0.15, 0.2) is 66.8 Å². The van der Waals surface area contributed by atoms with E-state index in [1.54, 1.807) is 6.08 Å². The maximum absolute atomic E-state index is 5.51. The number of rotatable bonds is 6. The Bertz CT molecular complexity index is 360. The van der Waals surface area contributed by atoms with Crippen LogP contribution in [-0.4, -0.2) is 6.61 Å². The minimum atomic E-state index is 0.636. The fourth-order valence-corrected chi connectivity index (χ4v) is 1.29. The van der Waals surface area contributed by atoms with Crippen LogP contribution >= 0.6 is 0 Å². The molecular weight excluding hydrogens is 196 g/mol. The fourth-order valence-electron chi connectivity index (χ4n) is 1.29. The molecule has 0 saturated heterocycles. The summed E-state index contributed by atoms with van der Waals surface area (Å²) in [7, 11) is 0. The summed E-state index contributed by atoms with van der Waals surface area (Å²) in [5, 5.41) is 0. The largest absolute Gasteiger partial charge is 0.373 e. The second-order valence-corrected chi connectivity index (χ2v) is 3.55. The van der Waals surface area contributed by atoms with Crippen molar-refractivity contribution in [1.82, 2.24) is 0 Å². The van der Waals surface area contributed by atoms with Gasteiger partial charge in [-0.05, 0) is 12.5 Å². The van der Waals surface area contributed by atoms with Crippen molar-refractivity contribution in [2.24, 2.45) is 0 Å². The van der Waals surface area contributed by atoms with E-state index in [4.69, 9.17) is 4.74 Å². The van der Waals surface area contributed by atoms with Crippen molar-refractivity contribution in [2.75, 3.05) is 6.61 Å². The molecule has 0 radical (unpaired) electrons. The van der Waals surface area contributed by atoms with Crippen molar-refractivity contribution in [1.29, 1.82) is 0 Å². The van der Waals surface area contributed by atoms with E-state index in [1.165, 1.54) is 11.1 Å². The van der Waals surface area contributed by atoms with E-state index >= 15 is 0 Å². The Labute approximate surface area is 97.8 Å². The van der Waals surface area contributed by atoms with Crippen LogP contribution in [0.3, 0.4) is 0 Å². The van der Waals surface area contributed by atoms with E-state index in [0.29, 0.717) is 13.2 Å². The van der Waals surface area contributed by atoms with Crippen molar-refractivity contribution in [3.63, 3.8) is 0 Å². The van der Waals surface area contributed by atoms with Crippen molar-refractivity contribution < 1.29 is 4.74 Å². The van der Waals surface area contributed by atoms with Gasteiger partial charge in [0.25, 0.3) is 0 Å². The van der Waals surface area contributed by atoms with Crippen molar-refractivity contribution >= 4 is 0 Å². The summed E-state index contributed by atoms with van der Waals surface area (Å²) >= 11 is 0. The van der Waals surface area contributed by atoms with E-state index < -0.39 is 0 Å². The molecule has 0 heterocycles. The van der Waals surface area contributed by atoms with E-state index in [2.05, 4.69) is 18.7 Å². The van der Waals surface area contributed by atoms with Crippen LogP contribution < -0.4 is 0 Å². The molecule has 84 valence electrons. The highest BCUT2D eigenvalue weighted by molar-refractivity contribution is 5.20. The summed E-state index contributed by atoms with van der Waals surface area (Å²) in [6, 6.07) is 10.2. The molecule has 1 aromatic rings. The highest BCUT2D eigenvalue weighted by Crippen LogP contribution is 2.01. The third-order valence-electron chi connectivity index (χ3n) is 2.09. The van der Waals surface area contributed by atoms with Crippen LogP contribution in [0.4, 0.5) is 0 Å². The van der Waals surface area contributed by atoms with Gasteiger partial charge in [-0.3, -0.25) is 0 Å². The molecule has 0 N–H and O–H groups in total. The molecule has 0 saturated carbocycles. The van der Waals surface area contributed by atoms with Gasteiger partial charge in [-0.1, -0.05) is 66.8 Å². The first kappa shape index (κ1) is 12.5. The van der Waals surface area contributed by atoms with Crippen LogP contribution in [0, 0.1) is 0 Å². The zero-order valence-electron chi connectivity index (χ0n) is 9.73. The molecule has 0 aromatic heterocycles. The van der Waals surface area contributed by atoms with Gasteiger partial charge in [-0.25, -0.2) is 0 Å². The van der Waals surface area contributed by atoms with Crippen LogP contribution in [0.2, 0.25) is 0 Å². The first-order valence-corrected chi connectivity index (χ1v) is 5.40. The van der Waals surface area contributed by atoms with Crippen LogP contribution in [-0.2, 0) is 11.3 Å². The van der Waals surface area contributed by atoms with Gasteiger partial charge < -0.3 is 4.74 Å². The second-order valence-electron chi connectivity index (χ2n) is 3.55. The third-order valence-corrected chi connectivity index (χ3v) is 2.09. The van der Waals surface area contributed by atoms with Gasteiger partial charge in [0.2, 0.25) is 0 Å². The van der Waals surface area contributed by atoms with Gasteiger partial charge >= 0.3 is 0 Å². The minimum absolute atomic E-state index is 0.636. The highest BCUT2D eigenvalue weighted by Gasteiger charge is 1.88.